The molecule has 35 heavy (non-hydrogen) atoms. The van der Waals surface area contributed by atoms with Crippen molar-refractivity contribution in [2.75, 3.05) is 0 Å². The molecule has 0 amide bonds. The van der Waals surface area contributed by atoms with Gasteiger partial charge in [0, 0.05) is 6.10 Å². The molecule has 6 aromatic carbocycles. The van der Waals surface area contributed by atoms with Crippen LogP contribution in [-0.4, -0.2) is 14.4 Å². The first-order chi connectivity index (χ1) is 17.2. The highest BCUT2D eigenvalue weighted by atomic mass is 28.4. The molecule has 0 saturated heterocycles. The molecule has 0 bridgehead atoms. The maximum Gasteiger partial charge on any atom is 0.290 e. The predicted molar refractivity (Wildman–Crippen MR) is 153 cm³/mol. The minimum Gasteiger partial charge on any atom is -0.402 e. The fourth-order valence-electron chi connectivity index (χ4n) is 5.58. The summed E-state index contributed by atoms with van der Waals surface area (Å²) in [5, 5.41) is 11.4. The van der Waals surface area contributed by atoms with Gasteiger partial charge in [0.1, 0.15) is 0 Å². The minimum atomic E-state index is -2.98. The predicted octanol–water partition coefficient (Wildman–Crippen LogP) is 6.54. The largest absolute Gasteiger partial charge is 0.402 e. The van der Waals surface area contributed by atoms with Gasteiger partial charge in [-0.3, -0.25) is 0 Å². The fraction of sp³-hybridized carbons (Fsp3) is 0.0909. The molecule has 1 nitrogen and oxygen atoms in total. The molecule has 0 unspecified atom stereocenters. The van der Waals surface area contributed by atoms with Crippen LogP contribution < -0.4 is 15.6 Å². The summed E-state index contributed by atoms with van der Waals surface area (Å²) in [6.07, 6.45) is 0.0542. The van der Waals surface area contributed by atoms with Gasteiger partial charge in [0.25, 0.3) is 8.32 Å². The quantitative estimate of drug-likeness (QED) is 0.206. The maximum absolute atomic E-state index is 7.36. The Morgan fingerprint density at radius 3 is 1.09 bits per heavy atom. The van der Waals surface area contributed by atoms with Gasteiger partial charge in [-0.05, 0) is 61.7 Å². The van der Waals surface area contributed by atoms with Gasteiger partial charge in [0.05, 0.1) is 0 Å². The third-order valence-electron chi connectivity index (χ3n) is 6.92. The van der Waals surface area contributed by atoms with E-state index >= 15 is 0 Å². The summed E-state index contributed by atoms with van der Waals surface area (Å²) in [5.41, 5.74) is 0. The molecule has 0 aliphatic rings. The van der Waals surface area contributed by atoms with E-state index in [1.807, 2.05) is 0 Å². The standard InChI is InChI=1S/C33H28OSi/c1-24(2)34-35(31-21-9-15-25-12-3-6-18-28(25)31,32-22-10-16-26-13-4-7-19-29(26)32)33-23-11-17-27-14-5-8-20-30(27)33/h3-24H,1-2H3. The van der Waals surface area contributed by atoms with Crippen LogP contribution in [0.4, 0.5) is 0 Å². The third kappa shape index (κ3) is 3.58. The number of hydrogen-bond donors (Lipinski definition) is 0. The van der Waals surface area contributed by atoms with Gasteiger partial charge in [-0.15, -0.1) is 0 Å². The Morgan fingerprint density at radius 1 is 0.429 bits per heavy atom. The van der Waals surface area contributed by atoms with Crippen LogP contribution in [0.5, 0.6) is 0 Å². The van der Waals surface area contributed by atoms with Crippen molar-refractivity contribution in [2.45, 2.75) is 20.0 Å². The van der Waals surface area contributed by atoms with E-state index in [9.17, 15) is 0 Å². The molecule has 0 radical (unpaired) electrons. The highest BCUT2D eigenvalue weighted by molar-refractivity contribution is 7.10. The molecule has 0 aromatic heterocycles. The lowest BCUT2D eigenvalue weighted by Gasteiger charge is -2.37. The molecule has 0 aliphatic heterocycles. The zero-order valence-corrected chi connectivity index (χ0v) is 21.1. The van der Waals surface area contributed by atoms with Crippen molar-refractivity contribution in [1.29, 1.82) is 0 Å². The molecule has 0 fully saturated rings. The number of benzene rings is 6. The lowest BCUT2D eigenvalue weighted by molar-refractivity contribution is 0.245. The number of fused-ring (bicyclic) bond motifs is 3. The topological polar surface area (TPSA) is 9.23 Å². The molecule has 0 saturated carbocycles. The monoisotopic (exact) mass is 468 g/mol. The molecule has 0 N–H and O–H groups in total. The summed E-state index contributed by atoms with van der Waals surface area (Å²) < 4.78 is 7.36. The zero-order chi connectivity index (χ0) is 23.8. The van der Waals surface area contributed by atoms with E-state index < -0.39 is 8.32 Å². The molecule has 0 aliphatic carbocycles. The van der Waals surface area contributed by atoms with E-state index in [-0.39, 0.29) is 6.10 Å². The Bertz CT molecular complexity index is 1460. The molecule has 0 heterocycles. The fourth-order valence-corrected chi connectivity index (χ4v) is 10.3. The summed E-state index contributed by atoms with van der Waals surface area (Å²) in [6.45, 7) is 4.34. The second-order valence-electron chi connectivity index (χ2n) is 9.43. The molecule has 6 rings (SSSR count). The highest BCUT2D eigenvalue weighted by Gasteiger charge is 2.45. The van der Waals surface area contributed by atoms with Crippen LogP contribution in [-0.2, 0) is 4.43 Å². The molecular weight excluding hydrogens is 440 g/mol. The molecule has 2 heteroatoms. The van der Waals surface area contributed by atoms with E-state index in [1.165, 1.54) is 47.9 Å². The second-order valence-corrected chi connectivity index (χ2v) is 12.6. The van der Waals surface area contributed by atoms with E-state index in [0.29, 0.717) is 0 Å². The first kappa shape index (κ1) is 21.8. The molecule has 170 valence electrons. The van der Waals surface area contributed by atoms with E-state index in [2.05, 4.69) is 141 Å². The Balaban J connectivity index is 1.85. The van der Waals surface area contributed by atoms with E-state index in [1.54, 1.807) is 0 Å². The third-order valence-corrected chi connectivity index (χ3v) is 11.3. The van der Waals surface area contributed by atoms with Crippen molar-refractivity contribution < 1.29 is 4.43 Å². The maximum atomic E-state index is 7.36. The van der Waals surface area contributed by atoms with Gasteiger partial charge in [-0.25, -0.2) is 0 Å². The van der Waals surface area contributed by atoms with Gasteiger partial charge < -0.3 is 4.43 Å². The van der Waals surface area contributed by atoms with Crippen LogP contribution >= 0.6 is 0 Å². The summed E-state index contributed by atoms with van der Waals surface area (Å²) >= 11 is 0. The van der Waals surface area contributed by atoms with Crippen molar-refractivity contribution in [3.63, 3.8) is 0 Å². The Morgan fingerprint density at radius 2 is 0.743 bits per heavy atom. The average Bonchev–Trinajstić information content (AvgIpc) is 2.91. The van der Waals surface area contributed by atoms with Crippen molar-refractivity contribution >= 4 is 56.2 Å². The number of rotatable bonds is 5. The summed E-state index contributed by atoms with van der Waals surface area (Å²) in [6, 6.07) is 46.3. The van der Waals surface area contributed by atoms with Crippen LogP contribution in [0, 0.1) is 0 Å². The first-order valence-corrected chi connectivity index (χ1v) is 14.2. The van der Waals surface area contributed by atoms with Crippen molar-refractivity contribution in [1.82, 2.24) is 0 Å². The van der Waals surface area contributed by atoms with Gasteiger partial charge in [-0.2, -0.15) is 0 Å². The zero-order valence-electron chi connectivity index (χ0n) is 20.1. The number of hydrogen-bond acceptors (Lipinski definition) is 1. The lowest BCUT2D eigenvalue weighted by atomic mass is 10.1. The lowest BCUT2D eigenvalue weighted by Crippen LogP contribution is -2.70. The van der Waals surface area contributed by atoms with Crippen LogP contribution in [0.2, 0.25) is 0 Å². The summed E-state index contributed by atoms with van der Waals surface area (Å²) in [7, 11) is -2.98. The van der Waals surface area contributed by atoms with Gasteiger partial charge in [0.15, 0.2) is 0 Å². The average molecular weight is 469 g/mol. The van der Waals surface area contributed by atoms with Crippen molar-refractivity contribution in [2.24, 2.45) is 0 Å². The van der Waals surface area contributed by atoms with Crippen LogP contribution in [0.15, 0.2) is 127 Å². The SMILES string of the molecule is CC(C)O[Si](c1cccc2ccccc12)(c1cccc2ccccc12)c1cccc2ccccc12. The Labute approximate surface area is 207 Å². The first-order valence-electron chi connectivity index (χ1n) is 12.3. The Hall–Kier alpha value is -3.72. The minimum absolute atomic E-state index is 0.0542. The molecule has 0 spiro atoms. The van der Waals surface area contributed by atoms with Gasteiger partial charge in [-0.1, -0.05) is 127 Å². The molecule has 0 atom stereocenters. The van der Waals surface area contributed by atoms with E-state index in [4.69, 9.17) is 4.43 Å². The van der Waals surface area contributed by atoms with Crippen LogP contribution in [0.3, 0.4) is 0 Å². The molecule has 6 aromatic rings. The van der Waals surface area contributed by atoms with Crippen LogP contribution in [0.25, 0.3) is 32.3 Å². The smallest absolute Gasteiger partial charge is 0.290 e. The summed E-state index contributed by atoms with van der Waals surface area (Å²) in [5.74, 6) is 0. The normalized spacial score (nSPS) is 12.1. The van der Waals surface area contributed by atoms with Gasteiger partial charge in [0.2, 0.25) is 0 Å². The highest BCUT2D eigenvalue weighted by Crippen LogP contribution is 2.25. The Kier molecular flexibility index (Phi) is 5.48. The summed E-state index contributed by atoms with van der Waals surface area (Å²) in [4.78, 5) is 0. The van der Waals surface area contributed by atoms with Crippen LogP contribution in [0.1, 0.15) is 13.8 Å². The van der Waals surface area contributed by atoms with Crippen molar-refractivity contribution in [3.05, 3.63) is 127 Å². The molecular formula is C33H28OSi. The van der Waals surface area contributed by atoms with Gasteiger partial charge >= 0.3 is 0 Å². The van der Waals surface area contributed by atoms with Crippen molar-refractivity contribution in [3.8, 4) is 0 Å². The second kappa shape index (κ2) is 8.81. The van der Waals surface area contributed by atoms with E-state index in [0.717, 1.165) is 0 Å².